The summed E-state index contributed by atoms with van der Waals surface area (Å²) in [6, 6.07) is -0.200. The molecule has 0 spiro atoms. The molecule has 2 unspecified atom stereocenters. The summed E-state index contributed by atoms with van der Waals surface area (Å²) in [5, 5.41) is 2.73. The molecule has 0 aromatic carbocycles. The standard InChI is InChI=1S/C15H28N2O3S/c1-15(2)7-8-17(14(18)13(10-15)16-3)11-12-6-4-5-9-21(12,19)20/h12-13,16H,4-11H2,1-3H3. The summed E-state index contributed by atoms with van der Waals surface area (Å²) in [5.74, 6) is 0.338. The lowest BCUT2D eigenvalue weighted by Gasteiger charge is -2.30. The van der Waals surface area contributed by atoms with Gasteiger partial charge in [0, 0.05) is 13.1 Å². The smallest absolute Gasteiger partial charge is 0.239 e. The maximum Gasteiger partial charge on any atom is 0.239 e. The van der Waals surface area contributed by atoms with Crippen LogP contribution in [0.25, 0.3) is 0 Å². The van der Waals surface area contributed by atoms with E-state index in [-0.39, 0.29) is 28.4 Å². The lowest BCUT2D eigenvalue weighted by Crippen LogP contribution is -2.48. The van der Waals surface area contributed by atoms with Crippen molar-refractivity contribution in [3.63, 3.8) is 0 Å². The van der Waals surface area contributed by atoms with Crippen LogP contribution < -0.4 is 5.32 Å². The quantitative estimate of drug-likeness (QED) is 0.849. The van der Waals surface area contributed by atoms with Gasteiger partial charge >= 0.3 is 0 Å². The lowest BCUT2D eigenvalue weighted by atomic mass is 9.83. The van der Waals surface area contributed by atoms with Crippen molar-refractivity contribution in [2.45, 2.75) is 57.2 Å². The first-order chi connectivity index (χ1) is 9.75. The van der Waals surface area contributed by atoms with Crippen molar-refractivity contribution in [3.8, 4) is 0 Å². The van der Waals surface area contributed by atoms with E-state index in [4.69, 9.17) is 0 Å². The number of carbonyl (C=O) groups excluding carboxylic acids is 1. The van der Waals surface area contributed by atoms with E-state index in [0.29, 0.717) is 19.5 Å². The molecule has 2 saturated heterocycles. The Labute approximate surface area is 128 Å². The van der Waals surface area contributed by atoms with E-state index in [1.165, 1.54) is 0 Å². The second-order valence-corrected chi connectivity index (χ2v) is 9.63. The number of carbonyl (C=O) groups is 1. The highest BCUT2D eigenvalue weighted by Gasteiger charge is 2.37. The second kappa shape index (κ2) is 6.24. The summed E-state index contributed by atoms with van der Waals surface area (Å²) in [4.78, 5) is 14.4. The molecule has 6 heteroatoms. The maximum absolute atomic E-state index is 12.6. The Morgan fingerprint density at radius 2 is 2.05 bits per heavy atom. The van der Waals surface area contributed by atoms with Gasteiger partial charge in [0.15, 0.2) is 9.84 Å². The van der Waals surface area contributed by atoms with E-state index in [0.717, 1.165) is 25.7 Å². The average Bonchev–Trinajstić information content (AvgIpc) is 2.51. The number of likely N-dealkylation sites (tertiary alicyclic amines) is 1. The molecule has 1 N–H and O–H groups in total. The van der Waals surface area contributed by atoms with Crippen LogP contribution in [-0.2, 0) is 14.6 Å². The molecule has 2 aliphatic heterocycles. The van der Waals surface area contributed by atoms with Gasteiger partial charge in [-0.2, -0.15) is 0 Å². The van der Waals surface area contributed by atoms with Crippen LogP contribution in [0.15, 0.2) is 0 Å². The zero-order chi connectivity index (χ0) is 15.7. The number of likely N-dealkylation sites (N-methyl/N-ethyl adjacent to an activating group) is 1. The maximum atomic E-state index is 12.6. The Kier molecular flexibility index (Phi) is 4.98. The van der Waals surface area contributed by atoms with Gasteiger partial charge in [0.1, 0.15) is 0 Å². The summed E-state index contributed by atoms with van der Waals surface area (Å²) >= 11 is 0. The van der Waals surface area contributed by atoms with Crippen LogP contribution in [0.5, 0.6) is 0 Å². The first kappa shape index (κ1) is 16.7. The molecule has 0 radical (unpaired) electrons. The van der Waals surface area contributed by atoms with Gasteiger partial charge in [-0.15, -0.1) is 0 Å². The van der Waals surface area contributed by atoms with Crippen LogP contribution in [0.4, 0.5) is 0 Å². The minimum atomic E-state index is -3.03. The first-order valence-electron chi connectivity index (χ1n) is 7.93. The van der Waals surface area contributed by atoms with E-state index in [2.05, 4.69) is 19.2 Å². The fourth-order valence-corrected chi connectivity index (χ4v) is 5.26. The minimum Gasteiger partial charge on any atom is -0.340 e. The summed E-state index contributed by atoms with van der Waals surface area (Å²) in [7, 11) is -1.22. The fraction of sp³-hybridized carbons (Fsp3) is 0.933. The van der Waals surface area contributed by atoms with Crippen LogP contribution >= 0.6 is 0 Å². The molecule has 0 bridgehead atoms. The van der Waals surface area contributed by atoms with E-state index >= 15 is 0 Å². The number of nitrogens with one attached hydrogen (secondary N) is 1. The Bertz CT molecular complexity index is 487. The zero-order valence-corrected chi connectivity index (χ0v) is 14.2. The van der Waals surface area contributed by atoms with Gasteiger partial charge in [0.2, 0.25) is 5.91 Å². The van der Waals surface area contributed by atoms with Crippen molar-refractivity contribution in [3.05, 3.63) is 0 Å². The van der Waals surface area contributed by atoms with E-state index < -0.39 is 9.84 Å². The number of nitrogens with zero attached hydrogens (tertiary/aromatic N) is 1. The van der Waals surface area contributed by atoms with Crippen molar-refractivity contribution in [2.75, 3.05) is 25.9 Å². The number of hydrogen-bond donors (Lipinski definition) is 1. The first-order valence-corrected chi connectivity index (χ1v) is 9.64. The zero-order valence-electron chi connectivity index (χ0n) is 13.4. The molecule has 2 heterocycles. The molecule has 122 valence electrons. The van der Waals surface area contributed by atoms with E-state index in [9.17, 15) is 13.2 Å². The van der Waals surface area contributed by atoms with Crippen molar-refractivity contribution in [1.82, 2.24) is 10.2 Å². The van der Waals surface area contributed by atoms with Crippen LogP contribution in [0.3, 0.4) is 0 Å². The van der Waals surface area contributed by atoms with Crippen molar-refractivity contribution in [2.24, 2.45) is 5.41 Å². The Balaban J connectivity index is 2.12. The number of hydrogen-bond acceptors (Lipinski definition) is 4. The topological polar surface area (TPSA) is 66.5 Å². The van der Waals surface area contributed by atoms with Gasteiger partial charge in [-0.25, -0.2) is 8.42 Å². The minimum absolute atomic E-state index is 0.0591. The molecular weight excluding hydrogens is 288 g/mol. The number of sulfone groups is 1. The van der Waals surface area contributed by atoms with Gasteiger partial charge in [-0.3, -0.25) is 4.79 Å². The molecule has 0 aromatic rings. The van der Waals surface area contributed by atoms with E-state index in [1.807, 2.05) is 0 Å². The molecule has 2 rings (SSSR count). The average molecular weight is 316 g/mol. The Morgan fingerprint density at radius 1 is 1.33 bits per heavy atom. The van der Waals surface area contributed by atoms with Crippen LogP contribution in [0.2, 0.25) is 0 Å². The third kappa shape index (κ3) is 3.97. The molecule has 2 atom stereocenters. The third-order valence-electron chi connectivity index (χ3n) is 4.91. The molecule has 5 nitrogen and oxygen atoms in total. The Hall–Kier alpha value is -0.620. The molecule has 0 saturated carbocycles. The predicted octanol–water partition coefficient (Wildman–Crippen LogP) is 1.19. The van der Waals surface area contributed by atoms with Crippen LogP contribution in [0, 0.1) is 5.41 Å². The highest BCUT2D eigenvalue weighted by molar-refractivity contribution is 7.92. The largest absolute Gasteiger partial charge is 0.340 e. The van der Waals surface area contributed by atoms with Crippen molar-refractivity contribution in [1.29, 1.82) is 0 Å². The Morgan fingerprint density at radius 3 is 2.67 bits per heavy atom. The molecule has 2 aliphatic rings. The van der Waals surface area contributed by atoms with Gasteiger partial charge in [-0.05, 0) is 38.1 Å². The number of rotatable bonds is 3. The lowest BCUT2D eigenvalue weighted by molar-refractivity contribution is -0.132. The third-order valence-corrected chi connectivity index (χ3v) is 7.17. The molecular formula is C15H28N2O3S. The summed E-state index contributed by atoms with van der Waals surface area (Å²) in [5.41, 5.74) is 0.101. The van der Waals surface area contributed by atoms with E-state index in [1.54, 1.807) is 11.9 Å². The highest BCUT2D eigenvalue weighted by atomic mass is 32.2. The molecule has 21 heavy (non-hydrogen) atoms. The van der Waals surface area contributed by atoms with Gasteiger partial charge in [0.05, 0.1) is 17.0 Å². The molecule has 0 aromatic heterocycles. The summed E-state index contributed by atoms with van der Waals surface area (Å²) in [6.45, 7) is 5.38. The van der Waals surface area contributed by atoms with Crippen molar-refractivity contribution < 1.29 is 13.2 Å². The van der Waals surface area contributed by atoms with Gasteiger partial charge < -0.3 is 10.2 Å². The SMILES string of the molecule is CNC1CC(C)(C)CCN(CC2CCCCS2(=O)=O)C1=O. The summed E-state index contributed by atoms with van der Waals surface area (Å²) < 4.78 is 24.3. The normalized spacial score (nSPS) is 32.7. The molecule has 2 fully saturated rings. The van der Waals surface area contributed by atoms with Crippen LogP contribution in [0.1, 0.15) is 46.0 Å². The summed E-state index contributed by atoms with van der Waals surface area (Å²) in [6.07, 6.45) is 4.13. The second-order valence-electron chi connectivity index (χ2n) is 7.23. The molecule has 0 aliphatic carbocycles. The van der Waals surface area contributed by atoms with Crippen LogP contribution in [-0.4, -0.2) is 56.4 Å². The van der Waals surface area contributed by atoms with Gasteiger partial charge in [-0.1, -0.05) is 20.3 Å². The highest BCUT2D eigenvalue weighted by Crippen LogP contribution is 2.31. The molecule has 1 amide bonds. The fourth-order valence-electron chi connectivity index (χ4n) is 3.39. The van der Waals surface area contributed by atoms with Gasteiger partial charge in [0.25, 0.3) is 0 Å². The van der Waals surface area contributed by atoms with Crippen molar-refractivity contribution >= 4 is 15.7 Å². The monoisotopic (exact) mass is 316 g/mol. The predicted molar refractivity (Wildman–Crippen MR) is 83.9 cm³/mol. The number of amides is 1.